The summed E-state index contributed by atoms with van der Waals surface area (Å²) in [6, 6.07) is 6.27. The van der Waals surface area contributed by atoms with Crippen LogP contribution in [0.3, 0.4) is 0 Å². The van der Waals surface area contributed by atoms with Crippen LogP contribution in [-0.4, -0.2) is 42.6 Å². The van der Waals surface area contributed by atoms with Crippen molar-refractivity contribution in [3.63, 3.8) is 0 Å². The predicted molar refractivity (Wildman–Crippen MR) is 95.7 cm³/mol. The number of aryl methyl sites for hydroxylation is 3. The normalized spacial score (nSPS) is 17.6. The molecule has 0 N–H and O–H groups in total. The van der Waals surface area contributed by atoms with Crippen LogP contribution < -0.4 is 0 Å². The van der Waals surface area contributed by atoms with Crippen molar-refractivity contribution in [2.45, 2.75) is 46.2 Å². The van der Waals surface area contributed by atoms with Gasteiger partial charge in [0.25, 0.3) is 5.91 Å². The zero-order valence-electron chi connectivity index (χ0n) is 14.9. The number of rotatable bonds is 3. The lowest BCUT2D eigenvalue weighted by Gasteiger charge is -2.24. The van der Waals surface area contributed by atoms with Gasteiger partial charge in [0.2, 0.25) is 0 Å². The number of amides is 1. The van der Waals surface area contributed by atoms with Crippen molar-refractivity contribution in [1.82, 2.24) is 24.1 Å². The fourth-order valence-electron chi connectivity index (χ4n) is 3.69. The maximum absolute atomic E-state index is 13.0. The molecular weight excluding hydrogens is 314 g/mol. The smallest absolute Gasteiger partial charge is 0.274 e. The lowest BCUT2D eigenvalue weighted by atomic mass is 10.2. The number of nitrogens with zero attached hydrogens (tertiary/aromatic N) is 5. The molecule has 1 atom stereocenters. The Morgan fingerprint density at radius 2 is 2.12 bits per heavy atom. The second kappa shape index (κ2) is 6.02. The third-order valence-electron chi connectivity index (χ3n) is 4.96. The highest BCUT2D eigenvalue weighted by Gasteiger charge is 2.31. The molecule has 0 unspecified atom stereocenters. The first-order valence-electron chi connectivity index (χ1n) is 8.78. The zero-order chi connectivity index (χ0) is 17.6. The number of hydrogen-bond acceptors (Lipinski definition) is 3. The molecular formula is C19H23N5O. The van der Waals surface area contributed by atoms with Crippen LogP contribution in [0.5, 0.6) is 0 Å². The van der Waals surface area contributed by atoms with Gasteiger partial charge in [-0.2, -0.15) is 5.10 Å². The van der Waals surface area contributed by atoms with Crippen LogP contribution in [0, 0.1) is 20.8 Å². The molecule has 130 valence electrons. The molecule has 1 aliphatic heterocycles. The van der Waals surface area contributed by atoms with Crippen LogP contribution in [-0.2, 0) is 6.54 Å². The maximum atomic E-state index is 13.0. The van der Waals surface area contributed by atoms with Gasteiger partial charge in [0.1, 0.15) is 11.3 Å². The lowest BCUT2D eigenvalue weighted by molar-refractivity contribution is 0.0716. The highest BCUT2D eigenvalue weighted by atomic mass is 16.2. The number of carbonyl (C=O) groups excluding carboxylic acids is 1. The number of fused-ring (bicyclic) bond motifs is 1. The minimum absolute atomic E-state index is 0.0189. The molecule has 0 aliphatic carbocycles. The van der Waals surface area contributed by atoms with E-state index >= 15 is 0 Å². The molecule has 0 spiro atoms. The standard InChI is InChI=1S/C19H23N5O/c1-13-6-8-22-12-17(20-18(22)9-13)19(25)23-7-4-5-16(23)11-24-15(3)10-14(2)21-24/h6,8-10,12,16H,4-5,7,11H2,1-3H3/t16-/m0/s1. The summed E-state index contributed by atoms with van der Waals surface area (Å²) in [7, 11) is 0. The highest BCUT2D eigenvalue weighted by molar-refractivity contribution is 5.93. The molecule has 0 aromatic carbocycles. The van der Waals surface area contributed by atoms with E-state index in [1.807, 2.05) is 52.4 Å². The van der Waals surface area contributed by atoms with Crippen molar-refractivity contribution in [2.75, 3.05) is 6.54 Å². The van der Waals surface area contributed by atoms with Gasteiger partial charge >= 0.3 is 0 Å². The van der Waals surface area contributed by atoms with Gasteiger partial charge in [0, 0.05) is 24.6 Å². The average Bonchev–Trinajstić information content (AvgIpc) is 3.26. The molecule has 6 heteroatoms. The Balaban J connectivity index is 1.58. The number of likely N-dealkylation sites (tertiary alicyclic amines) is 1. The molecule has 4 heterocycles. The molecule has 3 aromatic rings. The molecule has 1 saturated heterocycles. The number of carbonyl (C=O) groups is 1. The first-order valence-corrected chi connectivity index (χ1v) is 8.78. The van der Waals surface area contributed by atoms with Gasteiger partial charge in [-0.15, -0.1) is 0 Å². The number of aromatic nitrogens is 4. The molecule has 0 saturated carbocycles. The SMILES string of the molecule is Cc1ccn2cc(C(=O)N3CCC[C@H]3Cn3nc(C)cc3C)nc2c1. The summed E-state index contributed by atoms with van der Waals surface area (Å²) in [6.45, 7) is 7.62. The minimum atomic E-state index is 0.0189. The van der Waals surface area contributed by atoms with E-state index in [9.17, 15) is 4.79 Å². The molecule has 1 amide bonds. The Morgan fingerprint density at radius 3 is 2.88 bits per heavy atom. The van der Waals surface area contributed by atoms with Crippen LogP contribution in [0.4, 0.5) is 0 Å². The van der Waals surface area contributed by atoms with E-state index < -0.39 is 0 Å². The van der Waals surface area contributed by atoms with E-state index in [4.69, 9.17) is 0 Å². The van der Waals surface area contributed by atoms with Crippen molar-refractivity contribution in [3.05, 3.63) is 53.2 Å². The molecule has 3 aromatic heterocycles. The summed E-state index contributed by atoms with van der Waals surface area (Å²) in [6.07, 6.45) is 5.82. The largest absolute Gasteiger partial charge is 0.332 e. The first kappa shape index (κ1) is 15.9. The van der Waals surface area contributed by atoms with Crippen molar-refractivity contribution in [3.8, 4) is 0 Å². The molecule has 4 rings (SSSR count). The number of pyridine rings is 1. The zero-order valence-corrected chi connectivity index (χ0v) is 14.9. The summed E-state index contributed by atoms with van der Waals surface area (Å²) in [4.78, 5) is 19.5. The Morgan fingerprint density at radius 1 is 1.28 bits per heavy atom. The second-order valence-electron chi connectivity index (χ2n) is 7.00. The highest BCUT2D eigenvalue weighted by Crippen LogP contribution is 2.22. The first-order chi connectivity index (χ1) is 12.0. The second-order valence-corrected chi connectivity index (χ2v) is 7.00. The van der Waals surface area contributed by atoms with Crippen molar-refractivity contribution in [2.24, 2.45) is 0 Å². The van der Waals surface area contributed by atoms with E-state index in [2.05, 4.69) is 23.1 Å². The topological polar surface area (TPSA) is 55.4 Å². The maximum Gasteiger partial charge on any atom is 0.274 e. The van der Waals surface area contributed by atoms with E-state index in [-0.39, 0.29) is 11.9 Å². The van der Waals surface area contributed by atoms with Gasteiger partial charge in [-0.05, 0) is 57.4 Å². The van der Waals surface area contributed by atoms with Crippen molar-refractivity contribution in [1.29, 1.82) is 0 Å². The van der Waals surface area contributed by atoms with Crippen LogP contribution in [0.15, 0.2) is 30.6 Å². The van der Waals surface area contributed by atoms with E-state index in [0.717, 1.165) is 48.5 Å². The van der Waals surface area contributed by atoms with E-state index in [1.165, 1.54) is 0 Å². The summed E-state index contributed by atoms with van der Waals surface area (Å²) in [5.74, 6) is 0.0189. The molecule has 0 bridgehead atoms. The van der Waals surface area contributed by atoms with Crippen LogP contribution in [0.25, 0.3) is 5.65 Å². The average molecular weight is 337 g/mol. The van der Waals surface area contributed by atoms with Gasteiger partial charge in [-0.25, -0.2) is 4.98 Å². The Kier molecular flexibility index (Phi) is 3.82. The van der Waals surface area contributed by atoms with E-state index in [0.29, 0.717) is 5.69 Å². The van der Waals surface area contributed by atoms with Crippen molar-refractivity contribution < 1.29 is 4.79 Å². The molecule has 25 heavy (non-hydrogen) atoms. The predicted octanol–water partition coefficient (Wildman–Crippen LogP) is 2.76. The molecule has 1 fully saturated rings. The van der Waals surface area contributed by atoms with Crippen LogP contribution >= 0.6 is 0 Å². The van der Waals surface area contributed by atoms with E-state index in [1.54, 1.807) is 0 Å². The van der Waals surface area contributed by atoms with Crippen LogP contribution in [0.1, 0.15) is 40.3 Å². The molecule has 1 aliphatic rings. The summed E-state index contributed by atoms with van der Waals surface area (Å²) < 4.78 is 3.92. The van der Waals surface area contributed by atoms with Crippen molar-refractivity contribution >= 4 is 11.6 Å². The van der Waals surface area contributed by atoms with Gasteiger partial charge in [0.15, 0.2) is 0 Å². The molecule has 0 radical (unpaired) electrons. The summed E-state index contributed by atoms with van der Waals surface area (Å²) in [5.41, 5.74) is 4.63. The van der Waals surface area contributed by atoms with Gasteiger partial charge in [-0.1, -0.05) is 0 Å². The Labute approximate surface area is 147 Å². The summed E-state index contributed by atoms with van der Waals surface area (Å²) in [5, 5.41) is 4.54. The molecule has 6 nitrogen and oxygen atoms in total. The fourth-order valence-corrected chi connectivity index (χ4v) is 3.69. The lowest BCUT2D eigenvalue weighted by Crippen LogP contribution is -2.38. The Bertz CT molecular complexity index is 939. The Hall–Kier alpha value is -2.63. The third-order valence-corrected chi connectivity index (χ3v) is 4.96. The number of imidazole rings is 1. The van der Waals surface area contributed by atoms with Crippen LogP contribution in [0.2, 0.25) is 0 Å². The van der Waals surface area contributed by atoms with Gasteiger partial charge < -0.3 is 9.30 Å². The third kappa shape index (κ3) is 2.92. The van der Waals surface area contributed by atoms with Gasteiger partial charge in [0.05, 0.1) is 18.3 Å². The number of hydrogen-bond donors (Lipinski definition) is 0. The summed E-state index contributed by atoms with van der Waals surface area (Å²) >= 11 is 0. The van der Waals surface area contributed by atoms with Gasteiger partial charge in [-0.3, -0.25) is 9.48 Å². The quantitative estimate of drug-likeness (QED) is 0.738. The minimum Gasteiger partial charge on any atom is -0.332 e. The fraction of sp³-hybridized carbons (Fsp3) is 0.421. The monoisotopic (exact) mass is 337 g/mol.